The van der Waals surface area contributed by atoms with Crippen LogP contribution < -0.4 is 5.32 Å². The minimum atomic E-state index is -0.608. The first-order valence-corrected chi connectivity index (χ1v) is 7.11. The highest BCUT2D eigenvalue weighted by atomic mass is 16.6. The number of aromatic nitrogens is 2. The summed E-state index contributed by atoms with van der Waals surface area (Å²) in [6.07, 6.45) is 6.61. The first-order chi connectivity index (χ1) is 9.52. The van der Waals surface area contributed by atoms with E-state index in [1.165, 1.54) is 36.3 Å². The van der Waals surface area contributed by atoms with Crippen LogP contribution in [0.5, 0.6) is 0 Å². The topological polar surface area (TPSA) is 93.2 Å². The molecule has 0 radical (unpaired) electrons. The summed E-state index contributed by atoms with van der Waals surface area (Å²) in [4.78, 5) is 10.0. The fourth-order valence-electron chi connectivity index (χ4n) is 1.97. The number of aliphatic hydroxyl groups is 1. The SMILES string of the molecule is CCCCCC(C)NCC(O)Cn1cc([N+](=O)[O-])cn1. The fraction of sp³-hybridized carbons (Fsp3) is 0.769. The summed E-state index contributed by atoms with van der Waals surface area (Å²) in [5, 5.41) is 27.5. The van der Waals surface area contributed by atoms with E-state index in [9.17, 15) is 15.2 Å². The van der Waals surface area contributed by atoms with Crippen molar-refractivity contribution in [3.63, 3.8) is 0 Å². The lowest BCUT2D eigenvalue weighted by atomic mass is 10.1. The third-order valence-electron chi connectivity index (χ3n) is 3.17. The summed E-state index contributed by atoms with van der Waals surface area (Å²) >= 11 is 0. The van der Waals surface area contributed by atoms with E-state index in [1.807, 2.05) is 0 Å². The van der Waals surface area contributed by atoms with Crippen molar-refractivity contribution in [3.05, 3.63) is 22.5 Å². The number of nitro groups is 1. The second kappa shape index (κ2) is 8.65. The normalized spacial score (nSPS) is 14.2. The van der Waals surface area contributed by atoms with Crippen molar-refractivity contribution < 1.29 is 10.0 Å². The van der Waals surface area contributed by atoms with Crippen LogP contribution in [-0.4, -0.2) is 38.5 Å². The van der Waals surface area contributed by atoms with Gasteiger partial charge in [-0.15, -0.1) is 0 Å². The molecule has 1 rings (SSSR count). The largest absolute Gasteiger partial charge is 0.390 e. The quantitative estimate of drug-likeness (QED) is 0.387. The van der Waals surface area contributed by atoms with Gasteiger partial charge >= 0.3 is 5.69 Å². The standard InChI is InChI=1S/C13H24N4O3/c1-3-4-5-6-11(2)14-8-13(18)10-16-9-12(7-15-16)17(19)20/h7,9,11,13-14,18H,3-6,8,10H2,1-2H3. The molecule has 0 aliphatic rings. The van der Waals surface area contributed by atoms with Gasteiger partial charge in [0.25, 0.3) is 0 Å². The molecule has 0 amide bonds. The van der Waals surface area contributed by atoms with Gasteiger partial charge < -0.3 is 10.4 Å². The van der Waals surface area contributed by atoms with Gasteiger partial charge in [0.2, 0.25) is 0 Å². The average molecular weight is 284 g/mol. The molecule has 1 aromatic rings. The first-order valence-electron chi connectivity index (χ1n) is 7.11. The molecule has 2 atom stereocenters. The summed E-state index contributed by atoms with van der Waals surface area (Å²) < 4.78 is 1.40. The smallest absolute Gasteiger partial charge is 0.306 e. The maximum atomic E-state index is 10.5. The zero-order valence-corrected chi connectivity index (χ0v) is 12.2. The Hall–Kier alpha value is -1.47. The molecule has 1 heterocycles. The number of hydrogen-bond donors (Lipinski definition) is 2. The van der Waals surface area contributed by atoms with Crippen molar-refractivity contribution in [3.8, 4) is 0 Å². The van der Waals surface area contributed by atoms with Gasteiger partial charge in [0.05, 0.1) is 17.6 Å². The average Bonchev–Trinajstić information content (AvgIpc) is 2.85. The second-order valence-corrected chi connectivity index (χ2v) is 5.14. The fourth-order valence-corrected chi connectivity index (χ4v) is 1.97. The number of hydrogen-bond acceptors (Lipinski definition) is 5. The molecule has 0 aromatic carbocycles. The molecule has 0 aliphatic heterocycles. The Morgan fingerprint density at radius 3 is 2.90 bits per heavy atom. The summed E-state index contributed by atoms with van der Waals surface area (Å²) in [5.41, 5.74) is -0.0573. The molecular formula is C13H24N4O3. The molecule has 2 unspecified atom stereocenters. The van der Waals surface area contributed by atoms with E-state index in [2.05, 4.69) is 24.3 Å². The van der Waals surface area contributed by atoms with E-state index in [0.29, 0.717) is 12.6 Å². The Bertz CT molecular complexity index is 408. The Kier molecular flexibility index (Phi) is 7.17. The van der Waals surface area contributed by atoms with Crippen LogP contribution in [0.1, 0.15) is 39.5 Å². The summed E-state index contributed by atoms with van der Waals surface area (Å²) in [5.74, 6) is 0. The summed E-state index contributed by atoms with van der Waals surface area (Å²) in [6, 6.07) is 0.364. The van der Waals surface area contributed by atoms with E-state index in [0.717, 1.165) is 6.42 Å². The van der Waals surface area contributed by atoms with Gasteiger partial charge in [-0.05, 0) is 13.3 Å². The van der Waals surface area contributed by atoms with Crippen LogP contribution in [-0.2, 0) is 6.54 Å². The predicted octanol–water partition coefficient (Wildman–Crippen LogP) is 1.71. The van der Waals surface area contributed by atoms with Gasteiger partial charge in [0.1, 0.15) is 12.4 Å². The van der Waals surface area contributed by atoms with E-state index in [-0.39, 0.29) is 12.2 Å². The van der Waals surface area contributed by atoms with Crippen LogP contribution in [0.2, 0.25) is 0 Å². The lowest BCUT2D eigenvalue weighted by Gasteiger charge is -2.17. The number of nitrogens with zero attached hydrogens (tertiary/aromatic N) is 3. The van der Waals surface area contributed by atoms with Gasteiger partial charge in [0.15, 0.2) is 0 Å². The molecule has 2 N–H and O–H groups in total. The number of rotatable bonds is 10. The molecule has 20 heavy (non-hydrogen) atoms. The minimum absolute atomic E-state index is 0.0573. The van der Waals surface area contributed by atoms with Crippen molar-refractivity contribution in [2.45, 2.75) is 58.2 Å². The molecule has 0 aliphatic carbocycles. The minimum Gasteiger partial charge on any atom is -0.390 e. The summed E-state index contributed by atoms with van der Waals surface area (Å²) in [7, 11) is 0. The van der Waals surface area contributed by atoms with Crippen LogP contribution in [0.4, 0.5) is 5.69 Å². The number of nitrogens with one attached hydrogen (secondary N) is 1. The summed E-state index contributed by atoms with van der Waals surface area (Å²) in [6.45, 7) is 4.98. The van der Waals surface area contributed by atoms with Crippen molar-refractivity contribution in [1.29, 1.82) is 0 Å². The highest BCUT2D eigenvalue weighted by Gasteiger charge is 2.12. The van der Waals surface area contributed by atoms with E-state index in [1.54, 1.807) is 0 Å². The van der Waals surface area contributed by atoms with Gasteiger partial charge in [0, 0.05) is 12.6 Å². The molecule has 0 spiro atoms. The lowest BCUT2D eigenvalue weighted by molar-refractivity contribution is -0.385. The van der Waals surface area contributed by atoms with Crippen LogP contribution in [0.15, 0.2) is 12.4 Å². The highest BCUT2D eigenvalue weighted by molar-refractivity contribution is 5.20. The third kappa shape index (κ3) is 6.12. The molecule has 1 aromatic heterocycles. The number of unbranched alkanes of at least 4 members (excludes halogenated alkanes) is 2. The molecule has 7 heteroatoms. The number of aliphatic hydroxyl groups excluding tert-OH is 1. The molecule has 114 valence electrons. The molecule has 0 saturated carbocycles. The first kappa shape index (κ1) is 16.6. The zero-order valence-electron chi connectivity index (χ0n) is 12.2. The van der Waals surface area contributed by atoms with E-state index >= 15 is 0 Å². The van der Waals surface area contributed by atoms with Crippen molar-refractivity contribution in [2.24, 2.45) is 0 Å². The van der Waals surface area contributed by atoms with Crippen molar-refractivity contribution in [1.82, 2.24) is 15.1 Å². The highest BCUT2D eigenvalue weighted by Crippen LogP contribution is 2.08. The van der Waals surface area contributed by atoms with Crippen LogP contribution in [0, 0.1) is 10.1 Å². The Morgan fingerprint density at radius 2 is 2.30 bits per heavy atom. The van der Waals surface area contributed by atoms with Crippen LogP contribution in [0.25, 0.3) is 0 Å². The maximum Gasteiger partial charge on any atom is 0.306 e. The molecule has 0 saturated heterocycles. The van der Waals surface area contributed by atoms with Crippen LogP contribution in [0.3, 0.4) is 0 Å². The monoisotopic (exact) mass is 284 g/mol. The van der Waals surface area contributed by atoms with Gasteiger partial charge in [-0.3, -0.25) is 14.8 Å². The van der Waals surface area contributed by atoms with Crippen molar-refractivity contribution >= 4 is 5.69 Å². The van der Waals surface area contributed by atoms with Gasteiger partial charge in [-0.1, -0.05) is 26.2 Å². The lowest BCUT2D eigenvalue weighted by Crippen LogP contribution is -2.35. The Morgan fingerprint density at radius 1 is 1.55 bits per heavy atom. The Balaban J connectivity index is 2.25. The third-order valence-corrected chi connectivity index (χ3v) is 3.17. The molecular weight excluding hydrogens is 260 g/mol. The Labute approximate surface area is 119 Å². The predicted molar refractivity (Wildman–Crippen MR) is 76.5 cm³/mol. The second-order valence-electron chi connectivity index (χ2n) is 5.14. The molecule has 0 bridgehead atoms. The van der Waals surface area contributed by atoms with Crippen molar-refractivity contribution in [2.75, 3.05) is 6.54 Å². The maximum absolute atomic E-state index is 10.5. The van der Waals surface area contributed by atoms with Crippen LogP contribution >= 0.6 is 0 Å². The zero-order chi connectivity index (χ0) is 15.0. The van der Waals surface area contributed by atoms with E-state index in [4.69, 9.17) is 0 Å². The van der Waals surface area contributed by atoms with Gasteiger partial charge in [-0.25, -0.2) is 0 Å². The van der Waals surface area contributed by atoms with E-state index < -0.39 is 11.0 Å². The molecule has 7 nitrogen and oxygen atoms in total. The van der Waals surface area contributed by atoms with Gasteiger partial charge in [-0.2, -0.15) is 5.10 Å². The molecule has 0 fully saturated rings.